The van der Waals surface area contributed by atoms with Crippen LogP contribution in [-0.2, 0) is 6.42 Å². The van der Waals surface area contributed by atoms with Crippen molar-refractivity contribution in [2.24, 2.45) is 0 Å². The van der Waals surface area contributed by atoms with Gasteiger partial charge in [0.1, 0.15) is 11.6 Å². The number of anilines is 1. The van der Waals surface area contributed by atoms with E-state index in [-0.39, 0.29) is 0 Å². The first-order chi connectivity index (χ1) is 10.1. The van der Waals surface area contributed by atoms with Crippen molar-refractivity contribution in [2.75, 3.05) is 11.9 Å². The topological polar surface area (TPSA) is 55.6 Å². The molecule has 0 atom stereocenters. The second kappa shape index (κ2) is 6.70. The molecule has 2 heterocycles. The molecule has 2 aromatic heterocycles. The summed E-state index contributed by atoms with van der Waals surface area (Å²) in [4.78, 5) is 9.25. The Morgan fingerprint density at radius 1 is 1.10 bits per heavy atom. The lowest BCUT2D eigenvalue weighted by atomic mass is 10.2. The average molecular weight is 287 g/mol. The second-order valence-corrected chi connectivity index (χ2v) is 5.41. The summed E-state index contributed by atoms with van der Waals surface area (Å²) in [6.07, 6.45) is 2.99. The van der Waals surface area contributed by atoms with Gasteiger partial charge in [0.05, 0.1) is 5.69 Å². The van der Waals surface area contributed by atoms with Gasteiger partial charge in [-0.05, 0) is 39.2 Å². The molecule has 0 unspecified atom stereocenters. The molecule has 114 valence electrons. The van der Waals surface area contributed by atoms with Gasteiger partial charge in [-0.2, -0.15) is 5.10 Å². The van der Waals surface area contributed by atoms with Crippen LogP contribution in [0.5, 0.6) is 0 Å². The van der Waals surface area contributed by atoms with Crippen molar-refractivity contribution in [3.05, 3.63) is 28.8 Å². The normalized spacial score (nSPS) is 10.9. The molecule has 0 bridgehead atoms. The molecule has 0 saturated heterocycles. The van der Waals surface area contributed by atoms with Crippen LogP contribution in [0, 0.1) is 20.8 Å². The van der Waals surface area contributed by atoms with Crippen LogP contribution in [0.15, 0.2) is 6.07 Å². The van der Waals surface area contributed by atoms with E-state index in [1.807, 2.05) is 17.7 Å². The molecule has 0 fully saturated rings. The molecule has 1 N–H and O–H groups in total. The molecule has 0 radical (unpaired) electrons. The summed E-state index contributed by atoms with van der Waals surface area (Å²) in [5.41, 5.74) is 3.40. The molecule has 0 aliphatic rings. The van der Waals surface area contributed by atoms with Gasteiger partial charge in [-0.25, -0.2) is 14.6 Å². The summed E-state index contributed by atoms with van der Waals surface area (Å²) in [6, 6.07) is 1.98. The van der Waals surface area contributed by atoms with E-state index >= 15 is 0 Å². The maximum Gasteiger partial charge on any atom is 0.159 e. The number of nitrogens with zero attached hydrogens (tertiary/aromatic N) is 4. The Morgan fingerprint density at radius 3 is 2.43 bits per heavy atom. The van der Waals surface area contributed by atoms with Gasteiger partial charge in [0.25, 0.3) is 0 Å². The highest BCUT2D eigenvalue weighted by atomic mass is 15.3. The zero-order chi connectivity index (χ0) is 15.4. The van der Waals surface area contributed by atoms with Crippen molar-refractivity contribution in [2.45, 2.75) is 53.9 Å². The third-order valence-corrected chi connectivity index (χ3v) is 3.66. The number of rotatable bonds is 6. The van der Waals surface area contributed by atoms with Crippen LogP contribution >= 0.6 is 0 Å². The van der Waals surface area contributed by atoms with Crippen molar-refractivity contribution >= 4 is 5.82 Å². The maximum absolute atomic E-state index is 4.67. The van der Waals surface area contributed by atoms with Crippen LogP contribution in [0.4, 0.5) is 5.82 Å². The monoisotopic (exact) mass is 287 g/mol. The Bertz CT molecular complexity index is 615. The second-order valence-electron chi connectivity index (χ2n) is 5.41. The summed E-state index contributed by atoms with van der Waals surface area (Å²) in [5, 5.41) is 7.95. The lowest BCUT2D eigenvalue weighted by Gasteiger charge is -2.10. The van der Waals surface area contributed by atoms with E-state index in [4.69, 9.17) is 0 Å². The Labute approximate surface area is 126 Å². The molecule has 0 aliphatic heterocycles. The fraction of sp³-hybridized carbons (Fsp3) is 0.562. The van der Waals surface area contributed by atoms with Crippen molar-refractivity contribution in [1.29, 1.82) is 0 Å². The summed E-state index contributed by atoms with van der Waals surface area (Å²) in [7, 11) is 0. The molecule has 5 heteroatoms. The fourth-order valence-corrected chi connectivity index (χ4v) is 2.21. The van der Waals surface area contributed by atoms with E-state index in [2.05, 4.69) is 48.1 Å². The standard InChI is InChI=1S/C16H25N5/c1-6-8-14-18-15(17-9-7-2)10-16(19-14)21-13(5)11(3)12(4)20-21/h10H,6-9H2,1-5H3,(H,17,18,19). The van der Waals surface area contributed by atoms with Gasteiger partial charge in [-0.15, -0.1) is 0 Å². The van der Waals surface area contributed by atoms with Gasteiger partial charge in [-0.3, -0.25) is 0 Å². The van der Waals surface area contributed by atoms with Gasteiger partial charge in [0, 0.05) is 24.7 Å². The van der Waals surface area contributed by atoms with Crippen LogP contribution in [0.3, 0.4) is 0 Å². The van der Waals surface area contributed by atoms with Crippen molar-refractivity contribution < 1.29 is 0 Å². The molecular weight excluding hydrogens is 262 g/mol. The number of aromatic nitrogens is 4. The van der Waals surface area contributed by atoms with E-state index in [0.29, 0.717) is 0 Å². The summed E-state index contributed by atoms with van der Waals surface area (Å²) < 4.78 is 1.92. The highest BCUT2D eigenvalue weighted by Gasteiger charge is 2.12. The highest BCUT2D eigenvalue weighted by Crippen LogP contribution is 2.18. The van der Waals surface area contributed by atoms with Gasteiger partial charge in [0.15, 0.2) is 5.82 Å². The minimum Gasteiger partial charge on any atom is -0.370 e. The predicted octanol–water partition coefficient (Wildman–Crippen LogP) is 3.36. The zero-order valence-electron chi connectivity index (χ0n) is 13.7. The Kier molecular flexibility index (Phi) is 4.94. The average Bonchev–Trinajstić information content (AvgIpc) is 2.73. The zero-order valence-corrected chi connectivity index (χ0v) is 13.7. The smallest absolute Gasteiger partial charge is 0.159 e. The summed E-state index contributed by atoms with van der Waals surface area (Å²) in [5.74, 6) is 2.61. The van der Waals surface area contributed by atoms with Gasteiger partial charge in [0.2, 0.25) is 0 Å². The van der Waals surface area contributed by atoms with Crippen LogP contribution in [0.2, 0.25) is 0 Å². The van der Waals surface area contributed by atoms with Crippen LogP contribution < -0.4 is 5.32 Å². The predicted molar refractivity (Wildman–Crippen MR) is 86.1 cm³/mol. The van der Waals surface area contributed by atoms with Crippen molar-refractivity contribution in [3.63, 3.8) is 0 Å². The number of nitrogens with one attached hydrogen (secondary N) is 1. The third-order valence-electron chi connectivity index (χ3n) is 3.66. The minimum atomic E-state index is 0.848. The molecule has 2 aromatic rings. The van der Waals surface area contributed by atoms with Crippen LogP contribution in [0.1, 0.15) is 49.5 Å². The lowest BCUT2D eigenvalue weighted by Crippen LogP contribution is -2.10. The summed E-state index contributed by atoms with van der Waals surface area (Å²) in [6.45, 7) is 11.4. The molecule has 0 aliphatic carbocycles. The molecule has 21 heavy (non-hydrogen) atoms. The summed E-state index contributed by atoms with van der Waals surface area (Å²) >= 11 is 0. The minimum absolute atomic E-state index is 0.848. The molecule has 0 saturated carbocycles. The Balaban J connectivity index is 2.45. The largest absolute Gasteiger partial charge is 0.370 e. The fourth-order valence-electron chi connectivity index (χ4n) is 2.21. The first kappa shape index (κ1) is 15.5. The third kappa shape index (κ3) is 3.40. The number of hydrogen-bond acceptors (Lipinski definition) is 4. The van der Waals surface area contributed by atoms with E-state index < -0.39 is 0 Å². The molecular formula is C16H25N5. The molecule has 0 aromatic carbocycles. The first-order valence-electron chi connectivity index (χ1n) is 7.71. The molecule has 0 amide bonds. The molecule has 2 rings (SSSR count). The van der Waals surface area contributed by atoms with E-state index in [9.17, 15) is 0 Å². The van der Waals surface area contributed by atoms with E-state index in [0.717, 1.165) is 54.7 Å². The van der Waals surface area contributed by atoms with Crippen LogP contribution in [0.25, 0.3) is 5.82 Å². The van der Waals surface area contributed by atoms with Crippen molar-refractivity contribution in [1.82, 2.24) is 19.7 Å². The van der Waals surface area contributed by atoms with E-state index in [1.54, 1.807) is 0 Å². The quantitative estimate of drug-likeness (QED) is 0.885. The van der Waals surface area contributed by atoms with Gasteiger partial charge < -0.3 is 5.32 Å². The Hall–Kier alpha value is -1.91. The lowest BCUT2D eigenvalue weighted by molar-refractivity contribution is 0.765. The maximum atomic E-state index is 4.67. The van der Waals surface area contributed by atoms with E-state index in [1.165, 1.54) is 5.56 Å². The number of hydrogen-bond donors (Lipinski definition) is 1. The number of aryl methyl sites for hydroxylation is 2. The molecule has 0 spiro atoms. The van der Waals surface area contributed by atoms with Crippen molar-refractivity contribution in [3.8, 4) is 5.82 Å². The SMILES string of the molecule is CCCNc1cc(-n2nc(C)c(C)c2C)nc(CCC)n1. The molecule has 5 nitrogen and oxygen atoms in total. The Morgan fingerprint density at radius 2 is 1.86 bits per heavy atom. The van der Waals surface area contributed by atoms with Gasteiger partial charge >= 0.3 is 0 Å². The van der Waals surface area contributed by atoms with Gasteiger partial charge in [-0.1, -0.05) is 13.8 Å². The highest BCUT2D eigenvalue weighted by molar-refractivity contribution is 5.43. The van der Waals surface area contributed by atoms with Crippen LogP contribution in [-0.4, -0.2) is 26.3 Å². The first-order valence-corrected chi connectivity index (χ1v) is 7.71.